The minimum absolute atomic E-state index is 0.0192. The van der Waals surface area contributed by atoms with Crippen molar-refractivity contribution in [1.82, 2.24) is 15.3 Å². The largest absolute Gasteiger partial charge is 0.373 e. The van der Waals surface area contributed by atoms with Gasteiger partial charge in [0.25, 0.3) is 0 Å². The van der Waals surface area contributed by atoms with Gasteiger partial charge in [-0.25, -0.2) is 9.97 Å². The van der Waals surface area contributed by atoms with Crippen LogP contribution in [0.1, 0.15) is 48.6 Å². The fourth-order valence-corrected chi connectivity index (χ4v) is 2.14. The summed E-state index contributed by atoms with van der Waals surface area (Å²) in [7, 11) is 3.69. The van der Waals surface area contributed by atoms with Gasteiger partial charge in [0.05, 0.1) is 0 Å². The van der Waals surface area contributed by atoms with Gasteiger partial charge in [0, 0.05) is 18.5 Å². The molecule has 1 aromatic heterocycles. The number of nitrogens with zero attached hydrogens (tertiary/aromatic N) is 2. The maximum absolute atomic E-state index is 5.47. The van der Waals surface area contributed by atoms with Crippen LogP contribution in [0.2, 0.25) is 0 Å². The zero-order valence-electron chi connectivity index (χ0n) is 12.2. The molecule has 1 N–H and O–H groups in total. The van der Waals surface area contributed by atoms with Crippen LogP contribution >= 0.6 is 0 Å². The Balaban J connectivity index is 2.97. The Kier molecular flexibility index (Phi) is 6.22. The van der Waals surface area contributed by atoms with Crippen molar-refractivity contribution in [2.45, 2.75) is 46.1 Å². The molecule has 1 rings (SSSR count). The molecule has 0 amide bonds. The van der Waals surface area contributed by atoms with Gasteiger partial charge in [-0.1, -0.05) is 13.3 Å². The van der Waals surface area contributed by atoms with E-state index in [0.717, 1.165) is 43.0 Å². The minimum Gasteiger partial charge on any atom is -0.373 e. The van der Waals surface area contributed by atoms with Crippen molar-refractivity contribution < 1.29 is 4.74 Å². The second-order valence-electron chi connectivity index (χ2n) is 4.60. The first kappa shape index (κ1) is 15.1. The Bertz CT molecular complexity index is 356. The maximum Gasteiger partial charge on any atom is 0.157 e. The highest BCUT2D eigenvalue weighted by atomic mass is 16.5. The van der Waals surface area contributed by atoms with Crippen molar-refractivity contribution in [3.63, 3.8) is 0 Å². The van der Waals surface area contributed by atoms with Gasteiger partial charge in [-0.3, -0.25) is 0 Å². The summed E-state index contributed by atoms with van der Waals surface area (Å²) in [6.45, 7) is 7.21. The molecule has 0 spiro atoms. The molecule has 4 heteroatoms. The van der Waals surface area contributed by atoms with Crippen LogP contribution in [0.25, 0.3) is 0 Å². The maximum atomic E-state index is 5.47. The number of hydrogen-bond donors (Lipinski definition) is 1. The van der Waals surface area contributed by atoms with E-state index in [1.54, 1.807) is 7.11 Å². The third kappa shape index (κ3) is 3.75. The molecule has 0 aliphatic carbocycles. The Labute approximate surface area is 110 Å². The van der Waals surface area contributed by atoms with Crippen LogP contribution in [0.3, 0.4) is 0 Å². The van der Waals surface area contributed by atoms with E-state index in [1.807, 2.05) is 7.05 Å². The van der Waals surface area contributed by atoms with Gasteiger partial charge in [0.1, 0.15) is 6.10 Å². The van der Waals surface area contributed by atoms with Gasteiger partial charge in [-0.05, 0) is 45.8 Å². The Morgan fingerprint density at radius 1 is 1.22 bits per heavy atom. The highest BCUT2D eigenvalue weighted by Gasteiger charge is 2.16. The third-order valence-corrected chi connectivity index (χ3v) is 3.19. The summed E-state index contributed by atoms with van der Waals surface area (Å²) in [6.07, 6.45) is 3.03. The summed E-state index contributed by atoms with van der Waals surface area (Å²) in [5, 5.41) is 3.16. The Hall–Kier alpha value is -1.00. The summed E-state index contributed by atoms with van der Waals surface area (Å²) < 4.78 is 5.47. The number of hydrogen-bond acceptors (Lipinski definition) is 4. The number of ether oxygens (including phenoxy) is 1. The van der Waals surface area contributed by atoms with Gasteiger partial charge in [0.2, 0.25) is 0 Å². The molecule has 0 saturated heterocycles. The summed E-state index contributed by atoms with van der Waals surface area (Å²) >= 11 is 0. The first-order valence-electron chi connectivity index (χ1n) is 6.65. The van der Waals surface area contributed by atoms with Crippen LogP contribution in [0, 0.1) is 13.8 Å². The molecule has 0 radical (unpaired) electrons. The molecular formula is C14H25N3O. The van der Waals surface area contributed by atoms with Gasteiger partial charge < -0.3 is 10.1 Å². The Morgan fingerprint density at radius 3 is 2.28 bits per heavy atom. The van der Waals surface area contributed by atoms with Gasteiger partial charge in [0.15, 0.2) is 5.82 Å². The first-order valence-corrected chi connectivity index (χ1v) is 6.65. The average Bonchev–Trinajstić information content (AvgIpc) is 2.34. The molecule has 0 aliphatic rings. The predicted molar refractivity (Wildman–Crippen MR) is 73.8 cm³/mol. The number of methoxy groups -OCH3 is 1. The molecule has 1 aromatic rings. The highest BCUT2D eigenvalue weighted by molar-refractivity contribution is 5.25. The molecular weight excluding hydrogens is 226 g/mol. The summed E-state index contributed by atoms with van der Waals surface area (Å²) in [4.78, 5) is 9.23. The molecule has 102 valence electrons. The SMILES string of the molecule is CCCC(OC)c1nc(C)c(CCNC)c(C)n1. The zero-order valence-corrected chi connectivity index (χ0v) is 12.2. The molecule has 0 saturated carbocycles. The molecule has 0 aliphatic heterocycles. The lowest BCUT2D eigenvalue weighted by Crippen LogP contribution is -2.15. The van der Waals surface area contributed by atoms with Crippen molar-refractivity contribution in [3.8, 4) is 0 Å². The second-order valence-corrected chi connectivity index (χ2v) is 4.60. The number of nitrogens with one attached hydrogen (secondary N) is 1. The van der Waals surface area contributed by atoms with Crippen LogP contribution in [0.5, 0.6) is 0 Å². The van der Waals surface area contributed by atoms with E-state index >= 15 is 0 Å². The monoisotopic (exact) mass is 251 g/mol. The van der Waals surface area contributed by atoms with E-state index in [1.165, 1.54) is 5.56 Å². The van der Waals surface area contributed by atoms with Crippen LogP contribution in [-0.2, 0) is 11.2 Å². The summed E-state index contributed by atoms with van der Waals surface area (Å²) in [5.74, 6) is 0.822. The minimum atomic E-state index is 0.0192. The lowest BCUT2D eigenvalue weighted by molar-refractivity contribution is 0.0872. The number of rotatable bonds is 7. The highest BCUT2D eigenvalue weighted by Crippen LogP contribution is 2.21. The normalized spacial score (nSPS) is 12.7. The van der Waals surface area contributed by atoms with Crippen molar-refractivity contribution in [2.24, 2.45) is 0 Å². The van der Waals surface area contributed by atoms with Crippen molar-refractivity contribution >= 4 is 0 Å². The van der Waals surface area contributed by atoms with Gasteiger partial charge >= 0.3 is 0 Å². The molecule has 0 aromatic carbocycles. The van der Waals surface area contributed by atoms with E-state index in [9.17, 15) is 0 Å². The topological polar surface area (TPSA) is 47.0 Å². The van der Waals surface area contributed by atoms with Crippen LogP contribution in [-0.4, -0.2) is 30.7 Å². The number of aromatic nitrogens is 2. The molecule has 4 nitrogen and oxygen atoms in total. The van der Waals surface area contributed by atoms with Crippen molar-refractivity contribution in [1.29, 1.82) is 0 Å². The fourth-order valence-electron chi connectivity index (χ4n) is 2.14. The van der Waals surface area contributed by atoms with E-state index < -0.39 is 0 Å². The third-order valence-electron chi connectivity index (χ3n) is 3.19. The van der Waals surface area contributed by atoms with Gasteiger partial charge in [-0.15, -0.1) is 0 Å². The number of aryl methyl sites for hydroxylation is 2. The quantitative estimate of drug-likeness (QED) is 0.808. The average molecular weight is 251 g/mol. The zero-order chi connectivity index (χ0) is 13.5. The van der Waals surface area contributed by atoms with E-state index in [2.05, 4.69) is 36.1 Å². The van der Waals surface area contributed by atoms with Crippen LogP contribution in [0.15, 0.2) is 0 Å². The number of likely N-dealkylation sites (N-methyl/N-ethyl adjacent to an activating group) is 1. The summed E-state index contributed by atoms with van der Waals surface area (Å²) in [5.41, 5.74) is 3.40. The standard InChI is InChI=1S/C14H25N3O/c1-6-7-13(18-5)14-16-10(2)12(8-9-15-4)11(3)17-14/h13,15H,6-9H2,1-5H3. The van der Waals surface area contributed by atoms with Crippen LogP contribution in [0.4, 0.5) is 0 Å². The molecule has 0 fully saturated rings. The molecule has 1 heterocycles. The van der Waals surface area contributed by atoms with E-state index in [4.69, 9.17) is 4.74 Å². The van der Waals surface area contributed by atoms with E-state index in [-0.39, 0.29) is 6.10 Å². The molecule has 18 heavy (non-hydrogen) atoms. The predicted octanol–water partition coefficient (Wildman–Crippen LogP) is 2.34. The molecule has 1 atom stereocenters. The van der Waals surface area contributed by atoms with Crippen molar-refractivity contribution in [3.05, 3.63) is 22.8 Å². The lowest BCUT2D eigenvalue weighted by atomic mass is 10.1. The first-order chi connectivity index (χ1) is 8.63. The van der Waals surface area contributed by atoms with Crippen LogP contribution < -0.4 is 5.32 Å². The molecule has 0 bridgehead atoms. The van der Waals surface area contributed by atoms with E-state index in [0.29, 0.717) is 0 Å². The van der Waals surface area contributed by atoms with Gasteiger partial charge in [-0.2, -0.15) is 0 Å². The summed E-state index contributed by atoms with van der Waals surface area (Å²) in [6, 6.07) is 0. The second kappa shape index (κ2) is 7.44. The lowest BCUT2D eigenvalue weighted by Gasteiger charge is -2.16. The Morgan fingerprint density at radius 2 is 1.83 bits per heavy atom. The smallest absolute Gasteiger partial charge is 0.157 e. The molecule has 1 unspecified atom stereocenters. The fraction of sp³-hybridized carbons (Fsp3) is 0.714. The van der Waals surface area contributed by atoms with Crippen molar-refractivity contribution in [2.75, 3.05) is 20.7 Å².